The maximum atomic E-state index is 5.04. The zero-order chi connectivity index (χ0) is 17.5. The molecule has 2 nitrogen and oxygen atoms in total. The Hall–Kier alpha value is -1.19. The maximum absolute atomic E-state index is 5.04. The lowest BCUT2D eigenvalue weighted by Gasteiger charge is -2.31. The Kier molecular flexibility index (Phi) is 7.06. The fraction of sp³-hybridized carbons (Fsp3) is 0.591. The van der Waals surface area contributed by atoms with Crippen LogP contribution in [0.4, 0.5) is 0 Å². The third-order valence-electron chi connectivity index (χ3n) is 5.76. The van der Waals surface area contributed by atoms with Crippen LogP contribution in [-0.2, 0) is 0 Å². The molecule has 1 atom stereocenters. The van der Waals surface area contributed by atoms with Crippen molar-refractivity contribution in [3.8, 4) is 10.6 Å². The van der Waals surface area contributed by atoms with E-state index in [1.165, 1.54) is 56.2 Å². The normalized spacial score (nSPS) is 17.1. The van der Waals surface area contributed by atoms with Gasteiger partial charge in [-0.05, 0) is 31.2 Å². The summed E-state index contributed by atoms with van der Waals surface area (Å²) < 4.78 is 0. The van der Waals surface area contributed by atoms with Gasteiger partial charge in [0.1, 0.15) is 5.01 Å². The summed E-state index contributed by atoms with van der Waals surface area (Å²) in [6, 6.07) is 11.0. The van der Waals surface area contributed by atoms with Crippen molar-refractivity contribution < 1.29 is 0 Å². The van der Waals surface area contributed by atoms with Crippen molar-refractivity contribution in [3.05, 3.63) is 41.4 Å². The number of aromatic nitrogens is 1. The van der Waals surface area contributed by atoms with E-state index in [2.05, 4.69) is 54.9 Å². The summed E-state index contributed by atoms with van der Waals surface area (Å²) in [5, 5.41) is 7.36. The van der Waals surface area contributed by atoms with E-state index >= 15 is 0 Å². The summed E-state index contributed by atoms with van der Waals surface area (Å²) >= 11 is 1.79. The molecule has 1 unspecified atom stereocenters. The first kappa shape index (κ1) is 18.6. The molecule has 3 heteroatoms. The van der Waals surface area contributed by atoms with Gasteiger partial charge in [0.2, 0.25) is 0 Å². The molecule has 136 valence electrons. The topological polar surface area (TPSA) is 24.9 Å². The largest absolute Gasteiger partial charge is 0.308 e. The molecule has 0 spiro atoms. The number of rotatable bonds is 8. The second-order valence-corrected chi connectivity index (χ2v) is 8.27. The van der Waals surface area contributed by atoms with Crippen LogP contribution in [0.5, 0.6) is 0 Å². The first-order valence-corrected chi connectivity index (χ1v) is 10.9. The molecule has 1 aliphatic rings. The Morgan fingerprint density at radius 1 is 1.08 bits per heavy atom. The zero-order valence-corrected chi connectivity index (χ0v) is 16.5. The molecule has 1 saturated carbocycles. The minimum Gasteiger partial charge on any atom is -0.308 e. The van der Waals surface area contributed by atoms with Crippen LogP contribution in [0.15, 0.2) is 35.7 Å². The van der Waals surface area contributed by atoms with Crippen molar-refractivity contribution >= 4 is 11.3 Å². The van der Waals surface area contributed by atoms with Crippen molar-refractivity contribution in [1.29, 1.82) is 0 Å². The molecule has 1 heterocycles. The summed E-state index contributed by atoms with van der Waals surface area (Å²) in [6.07, 6.45) is 9.37. The summed E-state index contributed by atoms with van der Waals surface area (Å²) in [5.74, 6) is 1.52. The van der Waals surface area contributed by atoms with E-state index in [0.717, 1.165) is 23.4 Å². The Bertz CT molecular complexity index is 612. The van der Waals surface area contributed by atoms with Gasteiger partial charge in [0.25, 0.3) is 0 Å². The van der Waals surface area contributed by atoms with E-state index in [1.54, 1.807) is 11.3 Å². The number of hydrogen-bond acceptors (Lipinski definition) is 3. The predicted molar refractivity (Wildman–Crippen MR) is 109 cm³/mol. The van der Waals surface area contributed by atoms with E-state index in [1.807, 2.05) is 0 Å². The zero-order valence-electron chi connectivity index (χ0n) is 15.7. The highest BCUT2D eigenvalue weighted by Crippen LogP contribution is 2.36. The van der Waals surface area contributed by atoms with Crippen molar-refractivity contribution in [2.45, 2.75) is 64.8 Å². The minimum atomic E-state index is 0.426. The molecule has 1 aliphatic carbocycles. The molecule has 0 bridgehead atoms. The predicted octanol–water partition coefficient (Wildman–Crippen LogP) is 6.46. The van der Waals surface area contributed by atoms with Crippen LogP contribution in [0.3, 0.4) is 0 Å². The van der Waals surface area contributed by atoms with Gasteiger partial charge in [-0.1, -0.05) is 76.3 Å². The first-order chi connectivity index (χ1) is 12.3. The molecule has 25 heavy (non-hydrogen) atoms. The quantitative estimate of drug-likeness (QED) is 0.587. The van der Waals surface area contributed by atoms with Crippen LogP contribution in [0.2, 0.25) is 0 Å². The van der Waals surface area contributed by atoms with Gasteiger partial charge in [-0.15, -0.1) is 11.3 Å². The molecule has 0 saturated heterocycles. The van der Waals surface area contributed by atoms with Crippen LogP contribution in [-0.4, -0.2) is 11.5 Å². The van der Waals surface area contributed by atoms with Crippen molar-refractivity contribution in [2.24, 2.45) is 11.8 Å². The van der Waals surface area contributed by atoms with Gasteiger partial charge < -0.3 is 5.32 Å². The van der Waals surface area contributed by atoms with Gasteiger partial charge in [0.05, 0.1) is 11.7 Å². The fourth-order valence-corrected chi connectivity index (χ4v) is 4.86. The standard InChI is InChI=1S/C22H32N2S/c1-3-17(4-2)15-23-21(18-11-7-5-8-12-18)20-16-25-22(24-20)19-13-9-6-10-14-19/h6,9-10,13-14,16-18,21,23H,3-5,7-8,11-12,15H2,1-2H3. The monoisotopic (exact) mass is 356 g/mol. The van der Waals surface area contributed by atoms with Crippen LogP contribution in [0.1, 0.15) is 70.5 Å². The molecule has 0 amide bonds. The van der Waals surface area contributed by atoms with Crippen molar-refractivity contribution in [1.82, 2.24) is 10.3 Å². The fourth-order valence-electron chi connectivity index (χ4n) is 3.99. The highest BCUT2D eigenvalue weighted by atomic mass is 32.1. The van der Waals surface area contributed by atoms with Crippen LogP contribution in [0.25, 0.3) is 10.6 Å². The number of thiazole rings is 1. The Balaban J connectivity index is 1.77. The Labute approximate surface area is 157 Å². The Morgan fingerprint density at radius 3 is 2.48 bits per heavy atom. The smallest absolute Gasteiger partial charge is 0.123 e. The van der Waals surface area contributed by atoms with Gasteiger partial charge in [0, 0.05) is 10.9 Å². The first-order valence-electron chi connectivity index (χ1n) is 10.1. The minimum absolute atomic E-state index is 0.426. The maximum Gasteiger partial charge on any atom is 0.123 e. The molecule has 0 aliphatic heterocycles. The van der Waals surface area contributed by atoms with E-state index < -0.39 is 0 Å². The summed E-state index contributed by atoms with van der Waals surface area (Å²) in [5.41, 5.74) is 2.50. The number of nitrogens with one attached hydrogen (secondary N) is 1. The summed E-state index contributed by atoms with van der Waals surface area (Å²) in [7, 11) is 0. The van der Waals surface area contributed by atoms with Gasteiger partial charge in [-0.3, -0.25) is 0 Å². The molecule has 0 radical (unpaired) electrons. The van der Waals surface area contributed by atoms with E-state index in [0.29, 0.717) is 6.04 Å². The van der Waals surface area contributed by atoms with Crippen LogP contribution >= 0.6 is 11.3 Å². The summed E-state index contributed by atoms with van der Waals surface area (Å²) in [4.78, 5) is 5.04. The van der Waals surface area contributed by atoms with Gasteiger partial charge in [0.15, 0.2) is 0 Å². The van der Waals surface area contributed by atoms with E-state index in [4.69, 9.17) is 4.98 Å². The van der Waals surface area contributed by atoms with Crippen molar-refractivity contribution in [3.63, 3.8) is 0 Å². The molecule has 1 fully saturated rings. The lowest BCUT2D eigenvalue weighted by atomic mass is 9.82. The number of benzene rings is 1. The molecule has 1 N–H and O–H groups in total. The lowest BCUT2D eigenvalue weighted by Crippen LogP contribution is -2.33. The average Bonchev–Trinajstić information content (AvgIpc) is 3.16. The number of hydrogen-bond donors (Lipinski definition) is 1. The molecule has 3 rings (SSSR count). The second-order valence-electron chi connectivity index (χ2n) is 7.41. The highest BCUT2D eigenvalue weighted by molar-refractivity contribution is 7.13. The molecular weight excluding hydrogens is 324 g/mol. The van der Waals surface area contributed by atoms with E-state index in [9.17, 15) is 0 Å². The average molecular weight is 357 g/mol. The molecule has 2 aromatic rings. The third-order valence-corrected chi connectivity index (χ3v) is 6.67. The highest BCUT2D eigenvalue weighted by Gasteiger charge is 2.27. The Morgan fingerprint density at radius 2 is 1.80 bits per heavy atom. The SMILES string of the molecule is CCC(CC)CNC(c1csc(-c2ccccc2)n1)C1CCCCC1. The van der Waals surface area contributed by atoms with Crippen LogP contribution < -0.4 is 5.32 Å². The van der Waals surface area contributed by atoms with E-state index in [-0.39, 0.29) is 0 Å². The van der Waals surface area contributed by atoms with Gasteiger partial charge in [-0.2, -0.15) is 0 Å². The van der Waals surface area contributed by atoms with Gasteiger partial charge in [-0.25, -0.2) is 4.98 Å². The van der Waals surface area contributed by atoms with Crippen molar-refractivity contribution in [2.75, 3.05) is 6.54 Å². The number of nitrogens with zero attached hydrogens (tertiary/aromatic N) is 1. The van der Waals surface area contributed by atoms with Crippen LogP contribution in [0, 0.1) is 11.8 Å². The lowest BCUT2D eigenvalue weighted by molar-refractivity contribution is 0.256. The summed E-state index contributed by atoms with van der Waals surface area (Å²) in [6.45, 7) is 5.73. The second kappa shape index (κ2) is 9.49. The molecular formula is C22H32N2S. The van der Waals surface area contributed by atoms with Gasteiger partial charge >= 0.3 is 0 Å². The molecule has 1 aromatic carbocycles. The molecule has 1 aromatic heterocycles. The third kappa shape index (κ3) is 4.92.